The molecule has 0 bridgehead atoms. The lowest BCUT2D eigenvalue weighted by Gasteiger charge is -2.11. The van der Waals surface area contributed by atoms with Crippen molar-refractivity contribution in [2.75, 3.05) is 11.9 Å². The molecule has 0 aliphatic rings. The maximum absolute atomic E-state index is 11.4. The first-order chi connectivity index (χ1) is 8.52. The summed E-state index contributed by atoms with van der Waals surface area (Å²) in [5.41, 5.74) is 0.663. The van der Waals surface area contributed by atoms with E-state index in [1.54, 1.807) is 26.0 Å². The van der Waals surface area contributed by atoms with Crippen LogP contribution in [0.4, 0.5) is 10.5 Å². The number of anilines is 1. The summed E-state index contributed by atoms with van der Waals surface area (Å²) in [4.78, 5) is 11.4. The number of benzene rings is 1. The van der Waals surface area contributed by atoms with E-state index in [9.17, 15) is 4.79 Å². The summed E-state index contributed by atoms with van der Waals surface area (Å²) >= 11 is 3.40. The van der Waals surface area contributed by atoms with Crippen molar-refractivity contribution in [3.05, 3.63) is 22.7 Å². The Morgan fingerprint density at radius 2 is 2.17 bits per heavy atom. The lowest BCUT2D eigenvalue weighted by molar-refractivity contribution is 0.130. The number of halogens is 1. The second-order valence-electron chi connectivity index (χ2n) is 4.07. The molecule has 0 radical (unpaired) electrons. The molecule has 1 rings (SSSR count). The van der Waals surface area contributed by atoms with Gasteiger partial charge >= 0.3 is 6.09 Å². The highest BCUT2D eigenvalue weighted by molar-refractivity contribution is 9.10. The Hall–Kier alpha value is -1.23. The van der Waals surface area contributed by atoms with Crippen molar-refractivity contribution in [3.63, 3.8) is 0 Å². The molecular weight excluding hydrogens is 298 g/mol. The molecule has 0 aromatic heterocycles. The first-order valence-electron chi connectivity index (χ1n) is 5.93. The van der Waals surface area contributed by atoms with Gasteiger partial charge in [-0.25, -0.2) is 4.79 Å². The third-order valence-electron chi connectivity index (χ3n) is 1.98. The van der Waals surface area contributed by atoms with Gasteiger partial charge in [-0.05, 0) is 54.4 Å². The Morgan fingerprint density at radius 3 is 2.72 bits per heavy atom. The Kier molecular flexibility index (Phi) is 5.98. The predicted molar refractivity (Wildman–Crippen MR) is 75.2 cm³/mol. The first-order valence-corrected chi connectivity index (χ1v) is 6.72. The van der Waals surface area contributed by atoms with Crippen molar-refractivity contribution in [1.82, 2.24) is 0 Å². The van der Waals surface area contributed by atoms with Crippen LogP contribution in [0.3, 0.4) is 0 Å². The SMILES string of the molecule is CCCOc1ccc(NC(=O)OC(C)C)cc1Br. The molecule has 1 aromatic carbocycles. The van der Waals surface area contributed by atoms with Gasteiger partial charge in [-0.3, -0.25) is 5.32 Å². The number of rotatable bonds is 5. The van der Waals surface area contributed by atoms with Crippen LogP contribution in [0.25, 0.3) is 0 Å². The van der Waals surface area contributed by atoms with Crippen molar-refractivity contribution in [2.24, 2.45) is 0 Å². The topological polar surface area (TPSA) is 47.6 Å². The average Bonchev–Trinajstić information content (AvgIpc) is 2.26. The zero-order valence-electron chi connectivity index (χ0n) is 10.8. The lowest BCUT2D eigenvalue weighted by atomic mass is 10.3. The van der Waals surface area contributed by atoms with Crippen molar-refractivity contribution in [3.8, 4) is 5.75 Å². The van der Waals surface area contributed by atoms with Gasteiger partial charge in [0.05, 0.1) is 17.2 Å². The van der Waals surface area contributed by atoms with Gasteiger partial charge in [0.1, 0.15) is 5.75 Å². The molecule has 1 aromatic rings. The minimum absolute atomic E-state index is 0.138. The van der Waals surface area contributed by atoms with E-state index in [1.807, 2.05) is 13.0 Å². The minimum atomic E-state index is -0.459. The standard InChI is InChI=1S/C13H18BrNO3/c1-4-7-17-12-6-5-10(8-11(12)14)15-13(16)18-9(2)3/h5-6,8-9H,4,7H2,1-3H3,(H,15,16). The fourth-order valence-corrected chi connectivity index (χ4v) is 1.76. The molecule has 0 heterocycles. The minimum Gasteiger partial charge on any atom is -0.492 e. The number of ether oxygens (including phenoxy) is 2. The molecule has 0 aliphatic carbocycles. The van der Waals surface area contributed by atoms with Gasteiger partial charge in [-0.15, -0.1) is 0 Å². The summed E-state index contributed by atoms with van der Waals surface area (Å²) < 4.78 is 11.3. The van der Waals surface area contributed by atoms with Gasteiger partial charge in [0.15, 0.2) is 0 Å². The number of carbonyl (C=O) groups excluding carboxylic acids is 1. The lowest BCUT2D eigenvalue weighted by Crippen LogP contribution is -2.17. The quantitative estimate of drug-likeness (QED) is 0.886. The van der Waals surface area contributed by atoms with Gasteiger partial charge in [0.2, 0.25) is 0 Å². The van der Waals surface area contributed by atoms with Crippen LogP contribution >= 0.6 is 15.9 Å². The Bertz CT molecular complexity index is 407. The summed E-state index contributed by atoms with van der Waals surface area (Å²) in [6.07, 6.45) is 0.354. The zero-order valence-corrected chi connectivity index (χ0v) is 12.4. The second-order valence-corrected chi connectivity index (χ2v) is 4.93. The highest BCUT2D eigenvalue weighted by atomic mass is 79.9. The van der Waals surface area contributed by atoms with Crippen LogP contribution in [-0.2, 0) is 4.74 Å². The van der Waals surface area contributed by atoms with Gasteiger partial charge in [0, 0.05) is 5.69 Å². The third kappa shape index (κ3) is 4.96. The molecule has 18 heavy (non-hydrogen) atoms. The van der Waals surface area contributed by atoms with E-state index in [1.165, 1.54) is 0 Å². The molecule has 0 atom stereocenters. The molecule has 0 unspecified atom stereocenters. The summed E-state index contributed by atoms with van der Waals surface area (Å²) in [5.74, 6) is 0.764. The van der Waals surface area contributed by atoms with Gasteiger partial charge in [0.25, 0.3) is 0 Å². The number of hydrogen-bond acceptors (Lipinski definition) is 3. The van der Waals surface area contributed by atoms with Crippen LogP contribution in [0.1, 0.15) is 27.2 Å². The molecule has 0 saturated heterocycles. The Labute approximate surface area is 116 Å². The highest BCUT2D eigenvalue weighted by Gasteiger charge is 2.07. The van der Waals surface area contributed by atoms with Crippen LogP contribution in [0.2, 0.25) is 0 Å². The Morgan fingerprint density at radius 1 is 1.44 bits per heavy atom. The molecule has 0 saturated carbocycles. The maximum Gasteiger partial charge on any atom is 0.411 e. The Balaban J connectivity index is 2.63. The first kappa shape index (κ1) is 14.8. The molecular formula is C13H18BrNO3. The smallest absolute Gasteiger partial charge is 0.411 e. The molecule has 4 nitrogen and oxygen atoms in total. The fourth-order valence-electron chi connectivity index (χ4n) is 1.27. The normalized spacial score (nSPS) is 10.3. The van der Waals surface area contributed by atoms with Crippen LogP contribution in [0.5, 0.6) is 5.75 Å². The van der Waals surface area contributed by atoms with Gasteiger partial charge in [-0.2, -0.15) is 0 Å². The molecule has 1 N–H and O–H groups in total. The number of nitrogens with one attached hydrogen (secondary N) is 1. The van der Waals surface area contributed by atoms with E-state index in [0.717, 1.165) is 16.6 Å². The zero-order chi connectivity index (χ0) is 13.5. The molecule has 0 fully saturated rings. The maximum atomic E-state index is 11.4. The largest absolute Gasteiger partial charge is 0.492 e. The summed E-state index contributed by atoms with van der Waals surface area (Å²) in [6.45, 7) is 6.32. The van der Waals surface area contributed by atoms with Crippen molar-refractivity contribution >= 4 is 27.7 Å². The van der Waals surface area contributed by atoms with Crippen LogP contribution in [0, 0.1) is 0 Å². The van der Waals surface area contributed by atoms with E-state index in [4.69, 9.17) is 9.47 Å². The van der Waals surface area contributed by atoms with Crippen LogP contribution in [0.15, 0.2) is 22.7 Å². The summed E-state index contributed by atoms with van der Waals surface area (Å²) in [7, 11) is 0. The molecule has 5 heteroatoms. The molecule has 0 aliphatic heterocycles. The van der Waals surface area contributed by atoms with Crippen LogP contribution < -0.4 is 10.1 Å². The number of amides is 1. The van der Waals surface area contributed by atoms with Crippen molar-refractivity contribution in [2.45, 2.75) is 33.3 Å². The fraction of sp³-hybridized carbons (Fsp3) is 0.462. The molecule has 1 amide bonds. The van der Waals surface area contributed by atoms with Crippen molar-refractivity contribution < 1.29 is 14.3 Å². The average molecular weight is 316 g/mol. The van der Waals surface area contributed by atoms with Gasteiger partial charge < -0.3 is 9.47 Å². The highest BCUT2D eigenvalue weighted by Crippen LogP contribution is 2.28. The van der Waals surface area contributed by atoms with E-state index in [-0.39, 0.29) is 6.10 Å². The summed E-state index contributed by atoms with van der Waals surface area (Å²) in [6, 6.07) is 5.37. The van der Waals surface area contributed by atoms with E-state index in [2.05, 4.69) is 21.2 Å². The van der Waals surface area contributed by atoms with E-state index >= 15 is 0 Å². The van der Waals surface area contributed by atoms with E-state index in [0.29, 0.717) is 12.3 Å². The predicted octanol–water partition coefficient (Wildman–Crippen LogP) is 4.19. The number of hydrogen-bond donors (Lipinski definition) is 1. The van der Waals surface area contributed by atoms with E-state index < -0.39 is 6.09 Å². The van der Waals surface area contributed by atoms with Crippen LogP contribution in [-0.4, -0.2) is 18.8 Å². The monoisotopic (exact) mass is 315 g/mol. The molecule has 100 valence electrons. The second kappa shape index (κ2) is 7.26. The van der Waals surface area contributed by atoms with Crippen molar-refractivity contribution in [1.29, 1.82) is 0 Å². The third-order valence-corrected chi connectivity index (χ3v) is 2.60. The van der Waals surface area contributed by atoms with Gasteiger partial charge in [-0.1, -0.05) is 6.92 Å². The summed E-state index contributed by atoms with van der Waals surface area (Å²) in [5, 5.41) is 2.65. The number of carbonyl (C=O) groups is 1. The molecule has 0 spiro atoms.